The van der Waals surface area contributed by atoms with Crippen LogP contribution in [0.15, 0.2) is 23.1 Å². The van der Waals surface area contributed by atoms with Gasteiger partial charge in [-0.2, -0.15) is 0 Å². The SMILES string of the molecule is CC(CCCO)NS(=O)(=O)c1ccc2c(c1)CCO2. The third-order valence-electron chi connectivity index (χ3n) is 3.12. The topological polar surface area (TPSA) is 75.6 Å². The minimum Gasteiger partial charge on any atom is -0.493 e. The number of ether oxygens (including phenoxy) is 1. The summed E-state index contributed by atoms with van der Waals surface area (Å²) in [5.74, 6) is 0.771. The van der Waals surface area contributed by atoms with Crippen molar-refractivity contribution < 1.29 is 18.3 Å². The Morgan fingerprint density at radius 1 is 1.47 bits per heavy atom. The molecule has 1 atom stereocenters. The minimum absolute atomic E-state index is 0.0717. The molecule has 0 saturated carbocycles. The number of nitrogens with one attached hydrogen (secondary N) is 1. The number of hydrogen-bond donors (Lipinski definition) is 2. The van der Waals surface area contributed by atoms with Crippen LogP contribution < -0.4 is 9.46 Å². The summed E-state index contributed by atoms with van der Waals surface area (Å²) in [6.07, 6.45) is 1.95. The van der Waals surface area contributed by atoms with Gasteiger partial charge in [-0.15, -0.1) is 0 Å². The maximum absolute atomic E-state index is 12.2. The monoisotopic (exact) mass is 285 g/mol. The van der Waals surface area contributed by atoms with Crippen LogP contribution in [0, 0.1) is 0 Å². The van der Waals surface area contributed by atoms with Gasteiger partial charge in [0.15, 0.2) is 0 Å². The number of benzene rings is 1. The Kier molecular flexibility index (Phi) is 4.44. The Hall–Kier alpha value is -1.11. The zero-order chi connectivity index (χ0) is 13.9. The van der Waals surface area contributed by atoms with E-state index in [1.807, 2.05) is 0 Å². The first kappa shape index (κ1) is 14.3. The van der Waals surface area contributed by atoms with E-state index in [1.165, 1.54) is 0 Å². The van der Waals surface area contributed by atoms with Crippen LogP contribution in [0.1, 0.15) is 25.3 Å². The average molecular weight is 285 g/mol. The van der Waals surface area contributed by atoms with E-state index in [9.17, 15) is 8.42 Å². The van der Waals surface area contributed by atoms with Crippen molar-refractivity contribution in [2.75, 3.05) is 13.2 Å². The Morgan fingerprint density at radius 3 is 3.00 bits per heavy atom. The summed E-state index contributed by atoms with van der Waals surface area (Å²) in [4.78, 5) is 0.271. The molecule has 1 unspecified atom stereocenters. The van der Waals surface area contributed by atoms with Gasteiger partial charge in [-0.25, -0.2) is 13.1 Å². The quantitative estimate of drug-likeness (QED) is 0.819. The lowest BCUT2D eigenvalue weighted by atomic mass is 10.2. The Morgan fingerprint density at radius 2 is 2.26 bits per heavy atom. The number of hydrogen-bond acceptors (Lipinski definition) is 4. The molecule has 0 fully saturated rings. The van der Waals surface area contributed by atoms with Crippen LogP contribution in [0.3, 0.4) is 0 Å². The lowest BCUT2D eigenvalue weighted by Gasteiger charge is -2.14. The summed E-state index contributed by atoms with van der Waals surface area (Å²) in [5, 5.41) is 8.75. The van der Waals surface area contributed by atoms with Crippen LogP contribution in [0.4, 0.5) is 0 Å². The van der Waals surface area contributed by atoms with Crippen molar-refractivity contribution in [2.24, 2.45) is 0 Å². The van der Waals surface area contributed by atoms with Gasteiger partial charge in [-0.1, -0.05) is 0 Å². The molecule has 0 aromatic heterocycles. The van der Waals surface area contributed by atoms with Crippen molar-refractivity contribution in [3.8, 4) is 5.75 Å². The number of aliphatic hydroxyl groups is 1. The zero-order valence-electron chi connectivity index (χ0n) is 10.9. The van der Waals surface area contributed by atoms with Gasteiger partial charge in [0.25, 0.3) is 0 Å². The predicted octanol–water partition coefficient (Wildman–Crippen LogP) is 1.06. The fourth-order valence-corrected chi connectivity index (χ4v) is 3.45. The fourth-order valence-electron chi connectivity index (χ4n) is 2.12. The fraction of sp³-hybridized carbons (Fsp3) is 0.538. The molecule has 5 nitrogen and oxygen atoms in total. The van der Waals surface area contributed by atoms with Crippen molar-refractivity contribution in [3.63, 3.8) is 0 Å². The summed E-state index contributed by atoms with van der Waals surface area (Å²) in [7, 11) is -3.50. The molecule has 0 aliphatic carbocycles. The molecule has 1 aromatic carbocycles. The maximum atomic E-state index is 12.2. The van der Waals surface area contributed by atoms with Crippen molar-refractivity contribution in [1.82, 2.24) is 4.72 Å². The average Bonchev–Trinajstić information content (AvgIpc) is 2.82. The van der Waals surface area contributed by atoms with Crippen LogP contribution in [0.5, 0.6) is 5.75 Å². The number of sulfonamides is 1. The van der Waals surface area contributed by atoms with Crippen LogP contribution in [-0.4, -0.2) is 32.8 Å². The Balaban J connectivity index is 2.11. The summed E-state index contributed by atoms with van der Waals surface area (Å²) in [6.45, 7) is 2.48. The smallest absolute Gasteiger partial charge is 0.240 e. The number of rotatable bonds is 6. The maximum Gasteiger partial charge on any atom is 0.240 e. The van der Waals surface area contributed by atoms with E-state index in [-0.39, 0.29) is 17.5 Å². The Bertz CT molecular complexity index is 542. The van der Waals surface area contributed by atoms with Crippen LogP contribution in [0.25, 0.3) is 0 Å². The van der Waals surface area contributed by atoms with Crippen molar-refractivity contribution >= 4 is 10.0 Å². The molecule has 2 N–H and O–H groups in total. The summed E-state index contributed by atoms with van der Waals surface area (Å²) >= 11 is 0. The highest BCUT2D eigenvalue weighted by molar-refractivity contribution is 7.89. The third kappa shape index (κ3) is 3.46. The van der Waals surface area contributed by atoms with Gasteiger partial charge in [0, 0.05) is 19.1 Å². The second-order valence-corrected chi connectivity index (χ2v) is 6.47. The van der Waals surface area contributed by atoms with E-state index in [4.69, 9.17) is 9.84 Å². The largest absolute Gasteiger partial charge is 0.493 e. The third-order valence-corrected chi connectivity index (χ3v) is 4.71. The highest BCUT2D eigenvalue weighted by atomic mass is 32.2. The first-order chi connectivity index (χ1) is 9.03. The molecule has 1 aliphatic heterocycles. The molecule has 1 aliphatic rings. The summed E-state index contributed by atoms with van der Waals surface area (Å²) in [5.41, 5.74) is 0.936. The lowest BCUT2D eigenvalue weighted by molar-refractivity contribution is 0.279. The molecule has 1 aromatic rings. The zero-order valence-corrected chi connectivity index (χ0v) is 11.7. The van der Waals surface area contributed by atoms with Gasteiger partial charge < -0.3 is 9.84 Å². The molecule has 0 spiro atoms. The molecule has 106 valence electrons. The Labute approximate surface area is 113 Å². The second-order valence-electron chi connectivity index (χ2n) is 4.76. The first-order valence-corrected chi connectivity index (χ1v) is 7.90. The van der Waals surface area contributed by atoms with Crippen LogP contribution >= 0.6 is 0 Å². The molecular weight excluding hydrogens is 266 g/mol. The summed E-state index contributed by atoms with van der Waals surface area (Å²) < 4.78 is 32.4. The van der Waals surface area contributed by atoms with E-state index in [1.54, 1.807) is 25.1 Å². The molecule has 19 heavy (non-hydrogen) atoms. The van der Waals surface area contributed by atoms with Gasteiger partial charge in [0.05, 0.1) is 11.5 Å². The molecule has 0 saturated heterocycles. The van der Waals surface area contributed by atoms with E-state index in [0.717, 1.165) is 17.7 Å². The van der Waals surface area contributed by atoms with Gasteiger partial charge in [-0.3, -0.25) is 0 Å². The normalized spacial score (nSPS) is 15.9. The van der Waals surface area contributed by atoms with Gasteiger partial charge in [0.1, 0.15) is 5.75 Å². The highest BCUT2D eigenvalue weighted by Crippen LogP contribution is 2.27. The van der Waals surface area contributed by atoms with Crippen LogP contribution in [0.2, 0.25) is 0 Å². The molecule has 1 heterocycles. The van der Waals surface area contributed by atoms with Crippen LogP contribution in [-0.2, 0) is 16.4 Å². The minimum atomic E-state index is -3.50. The molecular formula is C13H19NO4S. The van der Waals surface area contributed by atoms with E-state index in [0.29, 0.717) is 19.4 Å². The molecule has 0 amide bonds. The highest BCUT2D eigenvalue weighted by Gasteiger charge is 2.20. The summed E-state index contributed by atoms with van der Waals surface area (Å²) in [6, 6.07) is 4.74. The molecule has 0 bridgehead atoms. The first-order valence-electron chi connectivity index (χ1n) is 6.42. The van der Waals surface area contributed by atoms with E-state index >= 15 is 0 Å². The van der Waals surface area contributed by atoms with Crippen molar-refractivity contribution in [3.05, 3.63) is 23.8 Å². The second kappa shape index (κ2) is 5.90. The van der Waals surface area contributed by atoms with Crippen molar-refractivity contribution in [1.29, 1.82) is 0 Å². The van der Waals surface area contributed by atoms with Gasteiger partial charge in [-0.05, 0) is 43.5 Å². The van der Waals surface area contributed by atoms with Gasteiger partial charge in [0.2, 0.25) is 10.0 Å². The molecule has 0 radical (unpaired) electrons. The van der Waals surface area contributed by atoms with Crippen molar-refractivity contribution in [2.45, 2.75) is 37.1 Å². The molecule has 2 rings (SSSR count). The van der Waals surface area contributed by atoms with E-state index < -0.39 is 10.0 Å². The number of aliphatic hydroxyl groups excluding tert-OH is 1. The van der Waals surface area contributed by atoms with Gasteiger partial charge >= 0.3 is 0 Å². The lowest BCUT2D eigenvalue weighted by Crippen LogP contribution is -2.32. The molecule has 6 heteroatoms. The number of fused-ring (bicyclic) bond motifs is 1. The van der Waals surface area contributed by atoms with E-state index in [2.05, 4.69) is 4.72 Å². The predicted molar refractivity (Wildman–Crippen MR) is 71.7 cm³/mol. The standard InChI is InChI=1S/C13H19NO4S/c1-10(3-2-7-15)14-19(16,17)12-4-5-13-11(9-12)6-8-18-13/h4-5,9-10,14-15H,2-3,6-8H2,1H3.